The SMILES string of the molecule is O=C(O)CNC(=O)C1(C(F)(F)F)CCNC1. The van der Waals surface area contributed by atoms with Gasteiger partial charge in [-0.1, -0.05) is 0 Å². The Kier molecular flexibility index (Phi) is 3.41. The van der Waals surface area contributed by atoms with Crippen LogP contribution in [0.4, 0.5) is 13.2 Å². The van der Waals surface area contributed by atoms with E-state index in [-0.39, 0.29) is 13.0 Å². The molecule has 0 radical (unpaired) electrons. The average Bonchev–Trinajstić information content (AvgIpc) is 2.62. The van der Waals surface area contributed by atoms with Crippen molar-refractivity contribution in [2.24, 2.45) is 5.41 Å². The summed E-state index contributed by atoms with van der Waals surface area (Å²) in [7, 11) is 0. The third-order valence-electron chi connectivity index (χ3n) is 2.53. The molecule has 0 aliphatic carbocycles. The van der Waals surface area contributed by atoms with E-state index in [4.69, 9.17) is 5.11 Å². The zero-order chi connectivity index (χ0) is 12.4. The van der Waals surface area contributed by atoms with Crippen LogP contribution in [0.15, 0.2) is 0 Å². The monoisotopic (exact) mass is 240 g/mol. The second-order valence-electron chi connectivity index (χ2n) is 3.58. The topological polar surface area (TPSA) is 78.4 Å². The number of hydrogen-bond acceptors (Lipinski definition) is 3. The van der Waals surface area contributed by atoms with Gasteiger partial charge < -0.3 is 15.7 Å². The largest absolute Gasteiger partial charge is 0.480 e. The minimum absolute atomic E-state index is 0.0833. The van der Waals surface area contributed by atoms with E-state index < -0.39 is 36.6 Å². The van der Waals surface area contributed by atoms with E-state index in [9.17, 15) is 22.8 Å². The molecule has 1 atom stereocenters. The summed E-state index contributed by atoms with van der Waals surface area (Å²) in [6, 6.07) is 0. The number of halogens is 3. The lowest BCUT2D eigenvalue weighted by Crippen LogP contribution is -2.53. The Morgan fingerprint density at radius 2 is 2.06 bits per heavy atom. The van der Waals surface area contributed by atoms with Gasteiger partial charge in [0.05, 0.1) is 0 Å². The van der Waals surface area contributed by atoms with Crippen LogP contribution in [0.1, 0.15) is 6.42 Å². The number of hydrogen-bond donors (Lipinski definition) is 3. The van der Waals surface area contributed by atoms with Crippen molar-refractivity contribution in [3.63, 3.8) is 0 Å². The number of carboxylic acids is 1. The Bertz CT molecular complexity index is 297. The molecule has 0 aromatic rings. The molecule has 3 N–H and O–H groups in total. The molecule has 1 aliphatic heterocycles. The first-order valence-corrected chi connectivity index (χ1v) is 4.57. The number of amides is 1. The summed E-state index contributed by atoms with van der Waals surface area (Å²) in [5.41, 5.74) is -2.50. The summed E-state index contributed by atoms with van der Waals surface area (Å²) in [5, 5.41) is 12.5. The molecule has 0 spiro atoms. The minimum atomic E-state index is -4.68. The van der Waals surface area contributed by atoms with E-state index in [1.54, 1.807) is 5.32 Å². The Hall–Kier alpha value is -1.31. The van der Waals surface area contributed by atoms with Gasteiger partial charge in [0.15, 0.2) is 5.41 Å². The fraction of sp³-hybridized carbons (Fsp3) is 0.750. The highest BCUT2D eigenvalue weighted by Crippen LogP contribution is 2.43. The van der Waals surface area contributed by atoms with Crippen LogP contribution in [-0.2, 0) is 9.59 Å². The van der Waals surface area contributed by atoms with Crippen molar-refractivity contribution in [3.8, 4) is 0 Å². The van der Waals surface area contributed by atoms with Gasteiger partial charge in [-0.15, -0.1) is 0 Å². The van der Waals surface area contributed by atoms with Gasteiger partial charge in [-0.25, -0.2) is 0 Å². The molecular formula is C8H11F3N2O3. The van der Waals surface area contributed by atoms with Crippen LogP contribution in [0.25, 0.3) is 0 Å². The minimum Gasteiger partial charge on any atom is -0.480 e. The molecule has 1 unspecified atom stereocenters. The number of rotatable bonds is 3. The molecule has 1 fully saturated rings. The van der Waals surface area contributed by atoms with Crippen molar-refractivity contribution in [1.29, 1.82) is 0 Å². The summed E-state index contributed by atoms with van der Waals surface area (Å²) in [4.78, 5) is 21.5. The first kappa shape index (κ1) is 12.8. The number of carboxylic acid groups (broad SMARTS) is 1. The summed E-state index contributed by atoms with van der Waals surface area (Å²) >= 11 is 0. The number of carbonyl (C=O) groups excluding carboxylic acids is 1. The van der Waals surface area contributed by atoms with Crippen molar-refractivity contribution in [3.05, 3.63) is 0 Å². The lowest BCUT2D eigenvalue weighted by atomic mass is 9.85. The molecule has 0 saturated carbocycles. The zero-order valence-corrected chi connectivity index (χ0v) is 8.23. The maximum absolute atomic E-state index is 12.7. The van der Waals surface area contributed by atoms with E-state index in [1.807, 2.05) is 0 Å². The fourth-order valence-corrected chi connectivity index (χ4v) is 1.58. The Morgan fingerprint density at radius 3 is 2.44 bits per heavy atom. The molecule has 1 aliphatic rings. The maximum Gasteiger partial charge on any atom is 0.404 e. The maximum atomic E-state index is 12.7. The van der Waals surface area contributed by atoms with E-state index in [1.165, 1.54) is 0 Å². The van der Waals surface area contributed by atoms with Crippen molar-refractivity contribution in [2.45, 2.75) is 12.6 Å². The van der Waals surface area contributed by atoms with Gasteiger partial charge in [0, 0.05) is 6.54 Å². The van der Waals surface area contributed by atoms with Crippen LogP contribution < -0.4 is 10.6 Å². The van der Waals surface area contributed by atoms with Gasteiger partial charge in [-0.3, -0.25) is 9.59 Å². The van der Waals surface area contributed by atoms with Crippen molar-refractivity contribution in [2.75, 3.05) is 19.6 Å². The molecule has 0 bridgehead atoms. The molecule has 0 aromatic carbocycles. The molecular weight excluding hydrogens is 229 g/mol. The number of nitrogens with one attached hydrogen (secondary N) is 2. The van der Waals surface area contributed by atoms with Crippen LogP contribution in [0, 0.1) is 5.41 Å². The summed E-state index contributed by atoms with van der Waals surface area (Å²) in [5.74, 6) is -2.66. The molecule has 16 heavy (non-hydrogen) atoms. The zero-order valence-electron chi connectivity index (χ0n) is 8.23. The Balaban J connectivity index is 2.78. The van der Waals surface area contributed by atoms with Crippen LogP contribution >= 0.6 is 0 Å². The van der Waals surface area contributed by atoms with Crippen molar-refractivity contribution in [1.82, 2.24) is 10.6 Å². The third kappa shape index (κ3) is 2.26. The van der Waals surface area contributed by atoms with Crippen LogP contribution in [0.5, 0.6) is 0 Å². The molecule has 8 heteroatoms. The van der Waals surface area contributed by atoms with E-state index in [0.29, 0.717) is 0 Å². The van der Waals surface area contributed by atoms with Crippen LogP contribution in [0.2, 0.25) is 0 Å². The highest BCUT2D eigenvalue weighted by molar-refractivity contribution is 5.87. The average molecular weight is 240 g/mol. The second kappa shape index (κ2) is 4.28. The van der Waals surface area contributed by atoms with E-state index in [2.05, 4.69) is 5.32 Å². The van der Waals surface area contributed by atoms with Gasteiger partial charge in [-0.2, -0.15) is 13.2 Å². The number of alkyl halides is 3. The Morgan fingerprint density at radius 1 is 1.44 bits per heavy atom. The van der Waals surface area contributed by atoms with Gasteiger partial charge in [0.2, 0.25) is 5.91 Å². The summed E-state index contributed by atoms with van der Waals surface area (Å²) in [6.45, 7) is -1.24. The highest BCUT2D eigenvalue weighted by atomic mass is 19.4. The highest BCUT2D eigenvalue weighted by Gasteiger charge is 2.61. The molecule has 92 valence electrons. The third-order valence-corrected chi connectivity index (χ3v) is 2.53. The predicted molar refractivity (Wildman–Crippen MR) is 46.6 cm³/mol. The molecule has 1 amide bonds. The molecule has 1 heterocycles. The number of carbonyl (C=O) groups is 2. The molecule has 5 nitrogen and oxygen atoms in total. The van der Waals surface area contributed by atoms with Crippen molar-refractivity contribution >= 4 is 11.9 Å². The molecule has 1 rings (SSSR count). The summed E-state index contributed by atoms with van der Waals surface area (Å²) < 4.78 is 38.2. The van der Waals surface area contributed by atoms with Gasteiger partial charge in [0.25, 0.3) is 0 Å². The van der Waals surface area contributed by atoms with Gasteiger partial charge >= 0.3 is 12.1 Å². The lowest BCUT2D eigenvalue weighted by Gasteiger charge is -2.28. The first-order chi connectivity index (χ1) is 7.29. The number of aliphatic carboxylic acids is 1. The summed E-state index contributed by atoms with van der Waals surface area (Å²) in [6.07, 6.45) is -5.05. The molecule has 1 saturated heterocycles. The second-order valence-corrected chi connectivity index (χ2v) is 3.58. The predicted octanol–water partition coefficient (Wildman–Crippen LogP) is -0.271. The quantitative estimate of drug-likeness (QED) is 0.634. The molecule has 0 aromatic heterocycles. The van der Waals surface area contributed by atoms with E-state index in [0.717, 1.165) is 0 Å². The normalized spacial score (nSPS) is 25.4. The standard InChI is InChI=1S/C8H11F3N2O3/c9-8(10,11)7(1-2-12-4-7)6(16)13-3-5(14)15/h12H,1-4H2,(H,13,16)(H,14,15). The smallest absolute Gasteiger partial charge is 0.404 e. The van der Waals surface area contributed by atoms with Gasteiger partial charge in [-0.05, 0) is 13.0 Å². The van der Waals surface area contributed by atoms with E-state index >= 15 is 0 Å². The first-order valence-electron chi connectivity index (χ1n) is 4.57. The van der Waals surface area contributed by atoms with Crippen LogP contribution in [-0.4, -0.2) is 42.8 Å². The Labute approximate surface area is 89.0 Å². The van der Waals surface area contributed by atoms with Gasteiger partial charge in [0.1, 0.15) is 6.54 Å². The van der Waals surface area contributed by atoms with Crippen molar-refractivity contribution < 1.29 is 27.9 Å². The fourth-order valence-electron chi connectivity index (χ4n) is 1.58. The lowest BCUT2D eigenvalue weighted by molar-refractivity contribution is -0.216. The van der Waals surface area contributed by atoms with Crippen LogP contribution in [0.3, 0.4) is 0 Å².